The van der Waals surface area contributed by atoms with E-state index in [1.54, 1.807) is 12.0 Å². The third-order valence-electron chi connectivity index (χ3n) is 4.26. The highest BCUT2D eigenvalue weighted by Gasteiger charge is 2.33. The normalized spacial score (nSPS) is 17.2. The molecular weight excluding hydrogens is 324 g/mol. The summed E-state index contributed by atoms with van der Waals surface area (Å²) in [5.74, 6) is -0.238. The van der Waals surface area contributed by atoms with Crippen LogP contribution in [0.15, 0.2) is 18.2 Å². The first kappa shape index (κ1) is 19.1. The zero-order valence-corrected chi connectivity index (χ0v) is 15.0. The Labute approximate surface area is 148 Å². The number of rotatable bonds is 9. The second-order valence-corrected chi connectivity index (χ2v) is 6.47. The number of carbonyl (C=O) groups excluding carboxylic acids is 1. The van der Waals surface area contributed by atoms with Crippen molar-refractivity contribution < 1.29 is 24.2 Å². The number of carboxylic acids is 1. The minimum atomic E-state index is -0.906. The standard InChI is InChI=1S/C18H26N2O5/c1-19(2)8-9-25-15-5-4-13(10-16(15)24-3)6-7-20-12-14(18(22)23)11-17(20)21/h4-5,10,14H,6-9,11-12H2,1-3H3,(H,22,23). The van der Waals surface area contributed by atoms with Gasteiger partial charge >= 0.3 is 5.97 Å². The Morgan fingerprint density at radius 3 is 2.72 bits per heavy atom. The van der Waals surface area contributed by atoms with Gasteiger partial charge in [0.2, 0.25) is 5.91 Å². The molecule has 1 atom stereocenters. The molecule has 0 spiro atoms. The number of carbonyl (C=O) groups is 2. The second-order valence-electron chi connectivity index (χ2n) is 6.47. The number of hydrogen-bond donors (Lipinski definition) is 1. The van der Waals surface area contributed by atoms with E-state index < -0.39 is 11.9 Å². The van der Waals surface area contributed by atoms with Gasteiger partial charge in [-0.3, -0.25) is 9.59 Å². The van der Waals surface area contributed by atoms with Gasteiger partial charge in [0.1, 0.15) is 6.61 Å². The topological polar surface area (TPSA) is 79.3 Å². The molecule has 1 fully saturated rings. The summed E-state index contributed by atoms with van der Waals surface area (Å²) in [5, 5.41) is 9.03. The molecule has 1 aliphatic heterocycles. The maximum atomic E-state index is 11.9. The van der Waals surface area contributed by atoms with Gasteiger partial charge < -0.3 is 24.4 Å². The second kappa shape index (κ2) is 8.71. The summed E-state index contributed by atoms with van der Waals surface area (Å²) < 4.78 is 11.1. The Morgan fingerprint density at radius 2 is 2.12 bits per heavy atom. The average Bonchev–Trinajstić information content (AvgIpc) is 2.94. The Hall–Kier alpha value is -2.28. The van der Waals surface area contributed by atoms with Crippen molar-refractivity contribution in [2.75, 3.05) is 47.4 Å². The van der Waals surface area contributed by atoms with Crippen LogP contribution in [0.5, 0.6) is 11.5 Å². The van der Waals surface area contributed by atoms with E-state index in [-0.39, 0.29) is 18.9 Å². The number of methoxy groups -OCH3 is 1. The molecule has 1 aliphatic rings. The molecule has 1 unspecified atom stereocenters. The van der Waals surface area contributed by atoms with Crippen LogP contribution >= 0.6 is 0 Å². The summed E-state index contributed by atoms with van der Waals surface area (Å²) in [4.78, 5) is 26.5. The van der Waals surface area contributed by atoms with Crippen LogP contribution in [-0.4, -0.2) is 74.2 Å². The molecule has 1 N–H and O–H groups in total. The van der Waals surface area contributed by atoms with E-state index in [2.05, 4.69) is 0 Å². The number of amides is 1. The highest BCUT2D eigenvalue weighted by molar-refractivity contribution is 5.86. The van der Waals surface area contributed by atoms with E-state index >= 15 is 0 Å². The molecule has 1 heterocycles. The van der Waals surface area contributed by atoms with Crippen molar-refractivity contribution in [3.05, 3.63) is 23.8 Å². The molecule has 2 rings (SSSR count). The van der Waals surface area contributed by atoms with Crippen LogP contribution in [0, 0.1) is 5.92 Å². The van der Waals surface area contributed by atoms with Gasteiger partial charge in [-0.2, -0.15) is 0 Å². The zero-order valence-electron chi connectivity index (χ0n) is 15.0. The molecule has 0 saturated carbocycles. The number of benzene rings is 1. The molecule has 7 heteroatoms. The van der Waals surface area contributed by atoms with Crippen LogP contribution < -0.4 is 9.47 Å². The molecule has 0 radical (unpaired) electrons. The number of likely N-dealkylation sites (N-methyl/N-ethyl adjacent to an activating group) is 1. The first-order chi connectivity index (χ1) is 11.9. The molecule has 0 aromatic heterocycles. The fraction of sp³-hybridized carbons (Fsp3) is 0.556. The fourth-order valence-electron chi connectivity index (χ4n) is 2.74. The minimum absolute atomic E-state index is 0.0944. The van der Waals surface area contributed by atoms with Crippen molar-refractivity contribution in [2.24, 2.45) is 5.92 Å². The Bertz CT molecular complexity index is 617. The van der Waals surface area contributed by atoms with Gasteiger partial charge in [0.05, 0.1) is 13.0 Å². The van der Waals surface area contributed by atoms with E-state index in [1.807, 2.05) is 37.2 Å². The summed E-state index contributed by atoms with van der Waals surface area (Å²) in [6, 6.07) is 5.72. The van der Waals surface area contributed by atoms with Crippen LogP contribution in [0.1, 0.15) is 12.0 Å². The highest BCUT2D eigenvalue weighted by atomic mass is 16.5. The van der Waals surface area contributed by atoms with Crippen LogP contribution in [0.3, 0.4) is 0 Å². The lowest BCUT2D eigenvalue weighted by Gasteiger charge is -2.17. The molecule has 1 saturated heterocycles. The molecule has 7 nitrogen and oxygen atoms in total. The monoisotopic (exact) mass is 350 g/mol. The zero-order chi connectivity index (χ0) is 18.4. The molecule has 138 valence electrons. The lowest BCUT2D eigenvalue weighted by molar-refractivity contribution is -0.141. The average molecular weight is 350 g/mol. The van der Waals surface area contributed by atoms with Crippen molar-refractivity contribution in [3.63, 3.8) is 0 Å². The predicted molar refractivity (Wildman–Crippen MR) is 93.1 cm³/mol. The van der Waals surface area contributed by atoms with E-state index in [4.69, 9.17) is 14.6 Å². The third kappa shape index (κ3) is 5.35. The number of aliphatic carboxylic acids is 1. The number of ether oxygens (including phenoxy) is 2. The molecule has 1 aromatic rings. The van der Waals surface area contributed by atoms with E-state index in [0.717, 1.165) is 12.1 Å². The smallest absolute Gasteiger partial charge is 0.308 e. The van der Waals surface area contributed by atoms with Crippen molar-refractivity contribution in [1.29, 1.82) is 0 Å². The van der Waals surface area contributed by atoms with Gasteiger partial charge in [-0.25, -0.2) is 0 Å². The number of carboxylic acid groups (broad SMARTS) is 1. The number of likely N-dealkylation sites (tertiary alicyclic amines) is 1. The highest BCUT2D eigenvalue weighted by Crippen LogP contribution is 2.28. The van der Waals surface area contributed by atoms with Crippen LogP contribution in [0.4, 0.5) is 0 Å². The van der Waals surface area contributed by atoms with Gasteiger partial charge in [0.15, 0.2) is 11.5 Å². The van der Waals surface area contributed by atoms with Crippen molar-refractivity contribution in [3.8, 4) is 11.5 Å². The summed E-state index contributed by atoms with van der Waals surface area (Å²) in [7, 11) is 5.57. The summed E-state index contributed by atoms with van der Waals surface area (Å²) in [5.41, 5.74) is 1.02. The maximum Gasteiger partial charge on any atom is 0.308 e. The largest absolute Gasteiger partial charge is 0.493 e. The van der Waals surface area contributed by atoms with E-state index in [9.17, 15) is 9.59 Å². The van der Waals surface area contributed by atoms with Crippen molar-refractivity contribution >= 4 is 11.9 Å². The van der Waals surface area contributed by atoms with Crippen molar-refractivity contribution in [2.45, 2.75) is 12.8 Å². The molecule has 0 bridgehead atoms. The Balaban J connectivity index is 1.92. The van der Waals surface area contributed by atoms with E-state index in [1.165, 1.54) is 0 Å². The molecular formula is C18H26N2O5. The molecule has 25 heavy (non-hydrogen) atoms. The maximum absolute atomic E-state index is 11.9. The van der Waals surface area contributed by atoms with Crippen molar-refractivity contribution in [1.82, 2.24) is 9.80 Å². The molecule has 0 aliphatic carbocycles. The molecule has 1 amide bonds. The Kier molecular flexibility index (Phi) is 6.64. The van der Waals surface area contributed by atoms with Gasteiger partial charge in [0, 0.05) is 26.1 Å². The summed E-state index contributed by atoms with van der Waals surface area (Å²) in [6.07, 6.45) is 0.740. The lowest BCUT2D eigenvalue weighted by Crippen LogP contribution is -2.28. The van der Waals surface area contributed by atoms with Gasteiger partial charge in [-0.15, -0.1) is 0 Å². The summed E-state index contributed by atoms with van der Waals surface area (Å²) in [6.45, 7) is 2.18. The van der Waals surface area contributed by atoms with Crippen LogP contribution in [-0.2, 0) is 16.0 Å². The Morgan fingerprint density at radius 1 is 1.36 bits per heavy atom. The quantitative estimate of drug-likeness (QED) is 0.719. The van der Waals surface area contributed by atoms with Gasteiger partial charge in [-0.1, -0.05) is 6.07 Å². The van der Waals surface area contributed by atoms with Crippen LogP contribution in [0.25, 0.3) is 0 Å². The van der Waals surface area contributed by atoms with E-state index in [0.29, 0.717) is 31.1 Å². The SMILES string of the molecule is COc1cc(CCN2CC(C(=O)O)CC2=O)ccc1OCCN(C)C. The van der Waals surface area contributed by atoms with Crippen LogP contribution in [0.2, 0.25) is 0 Å². The first-order valence-corrected chi connectivity index (χ1v) is 8.35. The number of nitrogens with zero attached hydrogens (tertiary/aromatic N) is 2. The minimum Gasteiger partial charge on any atom is -0.493 e. The third-order valence-corrected chi connectivity index (χ3v) is 4.26. The first-order valence-electron chi connectivity index (χ1n) is 8.35. The molecule has 1 aromatic carbocycles. The van der Waals surface area contributed by atoms with Gasteiger partial charge in [0.25, 0.3) is 0 Å². The van der Waals surface area contributed by atoms with Gasteiger partial charge in [-0.05, 0) is 38.2 Å². The predicted octanol–water partition coefficient (Wildman–Crippen LogP) is 1.11. The summed E-state index contributed by atoms with van der Waals surface area (Å²) >= 11 is 0. The fourth-order valence-corrected chi connectivity index (χ4v) is 2.74. The number of hydrogen-bond acceptors (Lipinski definition) is 5. The lowest BCUT2D eigenvalue weighted by atomic mass is 10.1.